The molecule has 1 aliphatic rings. The number of nitrogens with one attached hydrogen (secondary N) is 2. The Morgan fingerprint density at radius 3 is 2.61 bits per heavy atom. The van der Waals surface area contributed by atoms with Gasteiger partial charge in [0, 0.05) is 37.3 Å². The van der Waals surface area contributed by atoms with Crippen LogP contribution >= 0.6 is 35.3 Å². The second-order valence-electron chi connectivity index (χ2n) is 6.88. The Labute approximate surface area is 190 Å². The van der Waals surface area contributed by atoms with Crippen molar-refractivity contribution in [2.24, 2.45) is 4.99 Å². The summed E-state index contributed by atoms with van der Waals surface area (Å²) >= 11 is 1.80. The van der Waals surface area contributed by atoms with Gasteiger partial charge in [-0.15, -0.1) is 35.3 Å². The fourth-order valence-electron chi connectivity index (χ4n) is 3.27. The third-order valence-corrected chi connectivity index (χ3v) is 5.68. The van der Waals surface area contributed by atoms with Crippen molar-refractivity contribution in [2.75, 3.05) is 31.1 Å². The number of anilines is 1. The maximum atomic E-state index is 4.70. The monoisotopic (exact) mass is 513 g/mol. The Balaban J connectivity index is 0.00000280. The minimum absolute atomic E-state index is 0. The summed E-state index contributed by atoms with van der Waals surface area (Å²) in [4.78, 5) is 13.2. The number of pyridine rings is 1. The normalized spacial score (nSPS) is 14.9. The first-order chi connectivity index (χ1) is 13.3. The second-order valence-corrected chi connectivity index (χ2v) is 7.91. The maximum Gasteiger partial charge on any atom is 0.191 e. The minimum atomic E-state index is 0. The lowest BCUT2D eigenvalue weighted by molar-refractivity contribution is 0.726. The van der Waals surface area contributed by atoms with Gasteiger partial charge in [-0.05, 0) is 49.3 Å². The van der Waals surface area contributed by atoms with Gasteiger partial charge in [0.25, 0.3) is 0 Å². The van der Waals surface area contributed by atoms with E-state index in [1.807, 2.05) is 6.20 Å². The number of guanidine groups is 1. The van der Waals surface area contributed by atoms with E-state index in [4.69, 9.17) is 4.99 Å². The predicted molar refractivity (Wildman–Crippen MR) is 131 cm³/mol. The molecule has 154 valence electrons. The first-order valence-electron chi connectivity index (χ1n) is 10.1. The average molecular weight is 513 g/mol. The van der Waals surface area contributed by atoms with Gasteiger partial charge in [-0.25, -0.2) is 9.98 Å². The highest BCUT2D eigenvalue weighted by Crippen LogP contribution is 2.17. The van der Waals surface area contributed by atoms with E-state index < -0.39 is 0 Å². The van der Waals surface area contributed by atoms with Crippen molar-refractivity contribution in [3.63, 3.8) is 0 Å². The number of halogens is 1. The van der Waals surface area contributed by atoms with Crippen molar-refractivity contribution < 1.29 is 0 Å². The third-order valence-electron chi connectivity index (χ3n) is 4.75. The Morgan fingerprint density at radius 1 is 1.14 bits per heavy atom. The van der Waals surface area contributed by atoms with E-state index in [0.29, 0.717) is 6.54 Å². The molecule has 0 saturated carbocycles. The standard InChI is InChI=1S/C21H31N5S.HI/c1-2-22-21(23-12-11-19-8-7-15-27-19)25-17-18-9-10-20(24-16-18)26-13-5-3-4-6-14-26;/h7-10,15-16H,2-6,11-14,17H2,1H3,(H2,22,23,25);1H. The van der Waals surface area contributed by atoms with Crippen LogP contribution in [-0.2, 0) is 13.0 Å². The van der Waals surface area contributed by atoms with Crippen molar-refractivity contribution in [1.82, 2.24) is 15.6 Å². The Morgan fingerprint density at radius 2 is 1.96 bits per heavy atom. The van der Waals surface area contributed by atoms with Crippen LogP contribution in [0.15, 0.2) is 40.8 Å². The largest absolute Gasteiger partial charge is 0.357 e. The fourth-order valence-corrected chi connectivity index (χ4v) is 3.98. The second kappa shape index (κ2) is 13.0. The first kappa shape index (κ1) is 22.9. The Kier molecular flexibility index (Phi) is 10.6. The fraction of sp³-hybridized carbons (Fsp3) is 0.524. The van der Waals surface area contributed by atoms with Crippen molar-refractivity contribution in [2.45, 2.75) is 45.6 Å². The van der Waals surface area contributed by atoms with E-state index >= 15 is 0 Å². The minimum Gasteiger partial charge on any atom is -0.357 e. The van der Waals surface area contributed by atoms with Crippen LogP contribution in [0, 0.1) is 0 Å². The molecule has 0 aromatic carbocycles. The molecule has 3 rings (SSSR count). The summed E-state index contributed by atoms with van der Waals surface area (Å²) < 4.78 is 0. The molecule has 0 atom stereocenters. The van der Waals surface area contributed by atoms with E-state index in [1.54, 1.807) is 11.3 Å². The van der Waals surface area contributed by atoms with Crippen molar-refractivity contribution in [3.8, 4) is 0 Å². The Hall–Kier alpha value is -1.35. The smallest absolute Gasteiger partial charge is 0.191 e. The van der Waals surface area contributed by atoms with Crippen LogP contribution in [0.4, 0.5) is 5.82 Å². The number of rotatable bonds is 7. The van der Waals surface area contributed by atoms with Crippen LogP contribution < -0.4 is 15.5 Å². The zero-order valence-electron chi connectivity index (χ0n) is 16.7. The van der Waals surface area contributed by atoms with Crippen molar-refractivity contribution in [1.29, 1.82) is 0 Å². The van der Waals surface area contributed by atoms with E-state index in [2.05, 4.69) is 57.1 Å². The number of aromatic nitrogens is 1. The molecule has 28 heavy (non-hydrogen) atoms. The number of thiophene rings is 1. The molecule has 2 N–H and O–H groups in total. The van der Waals surface area contributed by atoms with Gasteiger partial charge in [0.1, 0.15) is 5.82 Å². The molecule has 2 aromatic rings. The molecule has 0 radical (unpaired) electrons. The molecule has 5 nitrogen and oxygen atoms in total. The summed E-state index contributed by atoms with van der Waals surface area (Å²) in [6.07, 6.45) is 8.23. The lowest BCUT2D eigenvalue weighted by atomic mass is 10.2. The molecule has 7 heteroatoms. The lowest BCUT2D eigenvalue weighted by Gasteiger charge is -2.21. The third kappa shape index (κ3) is 7.58. The quantitative estimate of drug-likeness (QED) is 0.327. The van der Waals surface area contributed by atoms with Crippen LogP contribution in [-0.4, -0.2) is 37.1 Å². The highest BCUT2D eigenvalue weighted by molar-refractivity contribution is 14.0. The van der Waals surface area contributed by atoms with E-state index in [-0.39, 0.29) is 24.0 Å². The van der Waals surface area contributed by atoms with E-state index in [0.717, 1.165) is 49.9 Å². The van der Waals surface area contributed by atoms with Gasteiger partial charge in [0.05, 0.1) is 6.54 Å². The molecule has 0 amide bonds. The summed E-state index contributed by atoms with van der Waals surface area (Å²) in [5.74, 6) is 1.97. The van der Waals surface area contributed by atoms with Crippen molar-refractivity contribution in [3.05, 3.63) is 46.3 Å². The van der Waals surface area contributed by atoms with Crippen LogP contribution in [0.25, 0.3) is 0 Å². The first-order valence-corrected chi connectivity index (χ1v) is 11.0. The van der Waals surface area contributed by atoms with Gasteiger partial charge in [-0.3, -0.25) is 0 Å². The van der Waals surface area contributed by atoms with E-state index in [1.165, 1.54) is 30.6 Å². The topological polar surface area (TPSA) is 52.6 Å². The highest BCUT2D eigenvalue weighted by Gasteiger charge is 2.10. The number of aliphatic imine (C=N–C) groups is 1. The van der Waals surface area contributed by atoms with Crippen LogP contribution in [0.3, 0.4) is 0 Å². The molecule has 3 heterocycles. The summed E-state index contributed by atoms with van der Waals surface area (Å²) in [6, 6.07) is 8.58. The molecule has 0 bridgehead atoms. The molecule has 0 unspecified atom stereocenters. The zero-order valence-corrected chi connectivity index (χ0v) is 19.8. The maximum absolute atomic E-state index is 4.70. The average Bonchev–Trinajstić information content (AvgIpc) is 3.06. The summed E-state index contributed by atoms with van der Waals surface area (Å²) in [5, 5.41) is 8.85. The number of hydrogen-bond donors (Lipinski definition) is 2. The van der Waals surface area contributed by atoms with E-state index in [9.17, 15) is 0 Å². The number of hydrogen-bond acceptors (Lipinski definition) is 4. The van der Waals surface area contributed by atoms with Crippen LogP contribution in [0.5, 0.6) is 0 Å². The molecule has 2 aromatic heterocycles. The molecule has 0 spiro atoms. The van der Waals surface area contributed by atoms with Crippen LogP contribution in [0.2, 0.25) is 0 Å². The summed E-state index contributed by atoms with van der Waals surface area (Å²) in [5.41, 5.74) is 1.14. The lowest BCUT2D eigenvalue weighted by Crippen LogP contribution is -2.38. The van der Waals surface area contributed by atoms with Gasteiger partial charge in [-0.1, -0.05) is 25.0 Å². The van der Waals surface area contributed by atoms with Gasteiger partial charge < -0.3 is 15.5 Å². The van der Waals surface area contributed by atoms with Gasteiger partial charge >= 0.3 is 0 Å². The molecule has 1 fully saturated rings. The SMILES string of the molecule is CCNC(=NCc1ccc(N2CCCCCC2)nc1)NCCc1cccs1.I. The van der Waals surface area contributed by atoms with Crippen molar-refractivity contribution >= 4 is 47.1 Å². The number of nitrogens with zero attached hydrogens (tertiary/aromatic N) is 3. The molecule has 0 aliphatic carbocycles. The van der Waals surface area contributed by atoms with Gasteiger partial charge in [-0.2, -0.15) is 0 Å². The molecule has 1 saturated heterocycles. The molecular formula is C21H32IN5S. The summed E-state index contributed by atoms with van der Waals surface area (Å²) in [6.45, 7) is 6.73. The molecular weight excluding hydrogens is 481 g/mol. The molecule has 1 aliphatic heterocycles. The summed E-state index contributed by atoms with van der Waals surface area (Å²) in [7, 11) is 0. The predicted octanol–water partition coefficient (Wildman–Crippen LogP) is 4.44. The Bertz CT molecular complexity index is 679. The van der Waals surface area contributed by atoms with Gasteiger partial charge in [0.2, 0.25) is 0 Å². The highest BCUT2D eigenvalue weighted by atomic mass is 127. The zero-order chi connectivity index (χ0) is 18.7. The van der Waals surface area contributed by atoms with Gasteiger partial charge in [0.15, 0.2) is 5.96 Å². The van der Waals surface area contributed by atoms with Crippen LogP contribution in [0.1, 0.15) is 43.0 Å².